The summed E-state index contributed by atoms with van der Waals surface area (Å²) in [5, 5.41) is 4.53. The standard InChI is InChI=1S/C17H16ClN3O/c1-11-3-8-14-15(9-11)20-17(18)21-16(14)19-10-12-4-6-13(22-2)7-5-12/h3-9H,10H2,1-2H3,(H,19,20,21). The van der Waals surface area contributed by atoms with Crippen molar-refractivity contribution in [2.75, 3.05) is 12.4 Å². The molecule has 5 heteroatoms. The van der Waals surface area contributed by atoms with Crippen LogP contribution >= 0.6 is 11.6 Å². The zero-order valence-corrected chi connectivity index (χ0v) is 13.2. The van der Waals surface area contributed by atoms with Crippen molar-refractivity contribution in [3.8, 4) is 5.75 Å². The molecule has 1 heterocycles. The monoisotopic (exact) mass is 313 g/mol. The Kier molecular flexibility index (Phi) is 4.11. The van der Waals surface area contributed by atoms with Gasteiger partial charge in [-0.25, -0.2) is 9.97 Å². The van der Waals surface area contributed by atoms with Gasteiger partial charge >= 0.3 is 0 Å². The van der Waals surface area contributed by atoms with Gasteiger partial charge in [0.05, 0.1) is 12.6 Å². The first-order valence-corrected chi connectivity index (χ1v) is 7.34. The normalized spacial score (nSPS) is 10.7. The number of benzene rings is 2. The highest BCUT2D eigenvalue weighted by Crippen LogP contribution is 2.23. The fourth-order valence-electron chi connectivity index (χ4n) is 2.28. The Bertz CT molecular complexity index is 798. The summed E-state index contributed by atoms with van der Waals surface area (Å²) >= 11 is 6.02. The Morgan fingerprint density at radius 3 is 2.59 bits per heavy atom. The second-order valence-corrected chi connectivity index (χ2v) is 5.40. The molecular weight excluding hydrogens is 298 g/mol. The first-order chi connectivity index (χ1) is 10.7. The van der Waals surface area contributed by atoms with Gasteiger partial charge in [0.25, 0.3) is 0 Å². The maximum Gasteiger partial charge on any atom is 0.224 e. The molecule has 2 aromatic carbocycles. The molecule has 0 bridgehead atoms. The van der Waals surface area contributed by atoms with Crippen molar-refractivity contribution in [3.63, 3.8) is 0 Å². The van der Waals surface area contributed by atoms with E-state index in [4.69, 9.17) is 16.3 Å². The van der Waals surface area contributed by atoms with Crippen molar-refractivity contribution in [1.82, 2.24) is 9.97 Å². The van der Waals surface area contributed by atoms with Crippen molar-refractivity contribution >= 4 is 28.3 Å². The van der Waals surface area contributed by atoms with Crippen LogP contribution in [-0.4, -0.2) is 17.1 Å². The van der Waals surface area contributed by atoms with E-state index in [0.717, 1.165) is 33.6 Å². The minimum atomic E-state index is 0.246. The van der Waals surface area contributed by atoms with Crippen LogP contribution in [0.15, 0.2) is 42.5 Å². The van der Waals surface area contributed by atoms with Gasteiger partial charge in [0.15, 0.2) is 0 Å². The van der Waals surface area contributed by atoms with Crippen LogP contribution in [0, 0.1) is 6.92 Å². The number of anilines is 1. The maximum atomic E-state index is 6.02. The molecular formula is C17H16ClN3O. The number of nitrogens with one attached hydrogen (secondary N) is 1. The van der Waals surface area contributed by atoms with E-state index in [1.54, 1.807) is 7.11 Å². The molecule has 0 unspecified atom stereocenters. The van der Waals surface area contributed by atoms with Gasteiger partial charge in [0.2, 0.25) is 5.28 Å². The number of fused-ring (bicyclic) bond motifs is 1. The summed E-state index contributed by atoms with van der Waals surface area (Å²) in [4.78, 5) is 8.57. The lowest BCUT2D eigenvalue weighted by Crippen LogP contribution is -2.03. The van der Waals surface area contributed by atoms with E-state index < -0.39 is 0 Å². The molecule has 0 radical (unpaired) electrons. The number of hydrogen-bond donors (Lipinski definition) is 1. The Morgan fingerprint density at radius 2 is 1.86 bits per heavy atom. The summed E-state index contributed by atoms with van der Waals surface area (Å²) in [5.74, 6) is 1.58. The number of halogens is 1. The molecule has 0 saturated heterocycles. The number of rotatable bonds is 4. The highest BCUT2D eigenvalue weighted by atomic mass is 35.5. The van der Waals surface area contributed by atoms with Crippen LogP contribution in [0.1, 0.15) is 11.1 Å². The molecule has 0 saturated carbocycles. The van der Waals surface area contributed by atoms with Crippen molar-refractivity contribution in [1.29, 1.82) is 0 Å². The average molecular weight is 314 g/mol. The highest BCUT2D eigenvalue weighted by Gasteiger charge is 2.07. The third kappa shape index (κ3) is 3.12. The van der Waals surface area contributed by atoms with E-state index in [2.05, 4.69) is 15.3 Å². The molecule has 1 N–H and O–H groups in total. The lowest BCUT2D eigenvalue weighted by atomic mass is 10.1. The number of nitrogens with zero attached hydrogens (tertiary/aromatic N) is 2. The molecule has 1 aromatic heterocycles. The highest BCUT2D eigenvalue weighted by molar-refractivity contribution is 6.28. The maximum absolute atomic E-state index is 6.02. The van der Waals surface area contributed by atoms with Crippen molar-refractivity contribution in [2.45, 2.75) is 13.5 Å². The van der Waals surface area contributed by atoms with Crippen LogP contribution in [0.5, 0.6) is 5.75 Å². The first-order valence-electron chi connectivity index (χ1n) is 6.96. The van der Waals surface area contributed by atoms with Gasteiger partial charge in [0.1, 0.15) is 11.6 Å². The fraction of sp³-hybridized carbons (Fsp3) is 0.176. The van der Waals surface area contributed by atoms with Crippen LogP contribution in [0.4, 0.5) is 5.82 Å². The van der Waals surface area contributed by atoms with E-state index in [-0.39, 0.29) is 5.28 Å². The van der Waals surface area contributed by atoms with Gasteiger partial charge < -0.3 is 10.1 Å². The van der Waals surface area contributed by atoms with Crippen LogP contribution < -0.4 is 10.1 Å². The predicted octanol–water partition coefficient (Wildman–Crippen LogP) is 4.21. The van der Waals surface area contributed by atoms with Crippen LogP contribution in [0.3, 0.4) is 0 Å². The smallest absolute Gasteiger partial charge is 0.224 e. The van der Waals surface area contributed by atoms with Crippen LogP contribution in [0.2, 0.25) is 5.28 Å². The van der Waals surface area contributed by atoms with Gasteiger partial charge in [-0.15, -0.1) is 0 Å². The molecule has 0 aliphatic rings. The Hall–Kier alpha value is -2.33. The van der Waals surface area contributed by atoms with Gasteiger partial charge in [0, 0.05) is 11.9 Å². The largest absolute Gasteiger partial charge is 0.497 e. The molecule has 3 rings (SSSR count). The molecule has 0 aliphatic carbocycles. The van der Waals surface area contributed by atoms with Crippen molar-refractivity contribution in [3.05, 3.63) is 58.9 Å². The second-order valence-electron chi connectivity index (χ2n) is 5.06. The number of methoxy groups -OCH3 is 1. The Labute approximate surface area is 134 Å². The number of aryl methyl sites for hydroxylation is 1. The molecule has 0 aliphatic heterocycles. The number of hydrogen-bond acceptors (Lipinski definition) is 4. The Morgan fingerprint density at radius 1 is 1.09 bits per heavy atom. The first kappa shape index (κ1) is 14.6. The zero-order valence-electron chi connectivity index (χ0n) is 12.4. The van der Waals surface area contributed by atoms with Gasteiger partial charge in [-0.1, -0.05) is 18.2 Å². The van der Waals surface area contributed by atoms with Crippen molar-refractivity contribution in [2.24, 2.45) is 0 Å². The molecule has 22 heavy (non-hydrogen) atoms. The summed E-state index contributed by atoms with van der Waals surface area (Å²) in [6.45, 7) is 2.68. The summed E-state index contributed by atoms with van der Waals surface area (Å²) in [6, 6.07) is 14.0. The quantitative estimate of drug-likeness (QED) is 0.733. The average Bonchev–Trinajstić information content (AvgIpc) is 2.52. The summed E-state index contributed by atoms with van der Waals surface area (Å²) in [7, 11) is 1.66. The number of ether oxygens (including phenoxy) is 1. The molecule has 4 nitrogen and oxygen atoms in total. The third-order valence-electron chi connectivity index (χ3n) is 3.44. The van der Waals surface area contributed by atoms with Crippen molar-refractivity contribution < 1.29 is 4.74 Å². The molecule has 0 atom stereocenters. The zero-order chi connectivity index (χ0) is 15.5. The van der Waals surface area contributed by atoms with Gasteiger partial charge in [-0.3, -0.25) is 0 Å². The number of aromatic nitrogens is 2. The predicted molar refractivity (Wildman–Crippen MR) is 89.6 cm³/mol. The molecule has 112 valence electrons. The van der Waals surface area contributed by atoms with Gasteiger partial charge in [-0.2, -0.15) is 0 Å². The van der Waals surface area contributed by atoms with E-state index in [9.17, 15) is 0 Å². The van der Waals surface area contributed by atoms with E-state index in [0.29, 0.717) is 6.54 Å². The Balaban J connectivity index is 1.86. The van der Waals surface area contributed by atoms with E-state index in [1.165, 1.54) is 0 Å². The lowest BCUT2D eigenvalue weighted by Gasteiger charge is -2.10. The second kappa shape index (κ2) is 6.20. The van der Waals surface area contributed by atoms with E-state index in [1.807, 2.05) is 49.4 Å². The molecule has 0 spiro atoms. The van der Waals surface area contributed by atoms with Crippen LogP contribution in [0.25, 0.3) is 10.9 Å². The topological polar surface area (TPSA) is 47.0 Å². The SMILES string of the molecule is COc1ccc(CNc2nc(Cl)nc3cc(C)ccc23)cc1. The molecule has 0 fully saturated rings. The lowest BCUT2D eigenvalue weighted by molar-refractivity contribution is 0.414. The van der Waals surface area contributed by atoms with Gasteiger partial charge in [-0.05, 0) is 53.9 Å². The third-order valence-corrected chi connectivity index (χ3v) is 3.61. The minimum absolute atomic E-state index is 0.246. The fourth-order valence-corrected chi connectivity index (χ4v) is 2.45. The van der Waals surface area contributed by atoms with Crippen LogP contribution in [-0.2, 0) is 6.54 Å². The summed E-state index contributed by atoms with van der Waals surface area (Å²) < 4.78 is 5.16. The molecule has 0 amide bonds. The summed E-state index contributed by atoms with van der Waals surface area (Å²) in [5.41, 5.74) is 3.12. The molecule has 3 aromatic rings. The summed E-state index contributed by atoms with van der Waals surface area (Å²) in [6.07, 6.45) is 0. The minimum Gasteiger partial charge on any atom is -0.497 e. The van der Waals surface area contributed by atoms with E-state index >= 15 is 0 Å².